The summed E-state index contributed by atoms with van der Waals surface area (Å²) < 4.78 is 13.9. The Morgan fingerprint density at radius 3 is 2.32 bits per heavy atom. The molecule has 2 heterocycles. The summed E-state index contributed by atoms with van der Waals surface area (Å²) in [5, 5.41) is 11.5. The van der Waals surface area contributed by atoms with Crippen molar-refractivity contribution in [2.45, 2.75) is 92.6 Å². The number of aromatic amines is 1. The van der Waals surface area contributed by atoms with Gasteiger partial charge in [-0.25, -0.2) is 4.98 Å². The smallest absolute Gasteiger partial charge is 0.265 e. The van der Waals surface area contributed by atoms with Crippen LogP contribution in [0.3, 0.4) is 0 Å². The number of carbonyl (C=O) groups is 1. The van der Waals surface area contributed by atoms with Gasteiger partial charge in [-0.15, -0.1) is 5.10 Å². The van der Waals surface area contributed by atoms with Crippen molar-refractivity contribution < 1.29 is 14.3 Å². The number of rotatable bonds is 15. The molecule has 2 N–H and O–H groups in total. The number of halogens is 1. The maximum absolute atomic E-state index is 13.3. The number of hydrogen-bond donors (Lipinski definition) is 2. The highest BCUT2D eigenvalue weighted by Crippen LogP contribution is 2.34. The lowest BCUT2D eigenvalue weighted by Crippen LogP contribution is -2.33. The number of nitrogens with one attached hydrogen (secondary N) is 2. The lowest BCUT2D eigenvalue weighted by molar-refractivity contribution is -0.123. The van der Waals surface area contributed by atoms with Crippen molar-refractivity contribution >= 4 is 28.8 Å². The van der Waals surface area contributed by atoms with Gasteiger partial charge in [0.05, 0.1) is 12.3 Å². The van der Waals surface area contributed by atoms with E-state index < -0.39 is 6.10 Å². The summed E-state index contributed by atoms with van der Waals surface area (Å²) >= 11 is 6.76. The van der Waals surface area contributed by atoms with Gasteiger partial charge in [-0.05, 0) is 101 Å². The molecule has 2 aromatic heterocycles. The molecule has 0 radical (unpaired) electrons. The summed E-state index contributed by atoms with van der Waals surface area (Å²) in [6, 6.07) is 17.8. The third-order valence-electron chi connectivity index (χ3n) is 8.36. The number of carbonyl (C=O) groups excluding carboxylic acids is 1. The third kappa shape index (κ3) is 8.55. The minimum Gasteiger partial charge on any atom is -0.494 e. The zero-order chi connectivity index (χ0) is 33.5. The topological polar surface area (TPSA) is 93.5 Å². The van der Waals surface area contributed by atoms with Gasteiger partial charge in [-0.3, -0.25) is 9.89 Å². The number of aromatic nitrogens is 4. The van der Waals surface area contributed by atoms with E-state index in [2.05, 4.69) is 73.3 Å². The molecule has 0 aliphatic rings. The molecular formula is C38H46ClN5O3. The predicted octanol–water partition coefficient (Wildman–Crippen LogP) is 9.29. The van der Waals surface area contributed by atoms with Gasteiger partial charge < -0.3 is 14.8 Å². The minimum atomic E-state index is -0.565. The summed E-state index contributed by atoms with van der Waals surface area (Å²) in [4.78, 5) is 18.0. The summed E-state index contributed by atoms with van der Waals surface area (Å²) in [7, 11) is 0. The number of amides is 1. The molecule has 5 rings (SSSR count). The second kappa shape index (κ2) is 15.5. The summed E-state index contributed by atoms with van der Waals surface area (Å²) in [6.07, 6.45) is 5.81. The zero-order valence-corrected chi connectivity index (χ0v) is 29.1. The monoisotopic (exact) mass is 655 g/mol. The number of ether oxygens (including phenoxy) is 2. The van der Waals surface area contributed by atoms with E-state index in [1.165, 1.54) is 11.1 Å². The number of aryl methyl sites for hydroxylation is 6. The molecular weight excluding hydrogens is 610 g/mol. The lowest BCUT2D eigenvalue weighted by Gasteiger charge is -2.20. The maximum atomic E-state index is 13.3. The van der Waals surface area contributed by atoms with Gasteiger partial charge in [0.15, 0.2) is 17.6 Å². The molecule has 9 heteroatoms. The fraction of sp³-hybridized carbons (Fsp3) is 0.395. The normalized spacial score (nSPS) is 12.0. The molecule has 0 bridgehead atoms. The van der Waals surface area contributed by atoms with Crippen LogP contribution in [0.15, 0.2) is 54.6 Å². The molecule has 0 aliphatic heterocycles. The molecule has 0 spiro atoms. The molecule has 5 aromatic rings. The van der Waals surface area contributed by atoms with Crippen molar-refractivity contribution in [1.82, 2.24) is 19.8 Å². The summed E-state index contributed by atoms with van der Waals surface area (Å²) in [6.45, 7) is 13.0. The average Bonchev–Trinajstić information content (AvgIpc) is 3.56. The molecule has 1 amide bonds. The van der Waals surface area contributed by atoms with Crippen molar-refractivity contribution in [3.05, 3.63) is 93.3 Å². The molecule has 1 unspecified atom stereocenters. The number of hydrogen-bond acceptors (Lipinski definition) is 5. The van der Waals surface area contributed by atoms with Crippen LogP contribution in [0.4, 0.5) is 5.69 Å². The van der Waals surface area contributed by atoms with E-state index in [1.54, 1.807) is 4.63 Å². The number of benzene rings is 3. The first kappa shape index (κ1) is 34.0. The maximum Gasteiger partial charge on any atom is 0.265 e. The van der Waals surface area contributed by atoms with E-state index in [9.17, 15) is 4.79 Å². The number of unbranched alkanes of at least 4 members (excludes halogenated alkanes) is 3. The number of fused-ring (bicyclic) bond motifs is 1. The molecule has 0 saturated carbocycles. The van der Waals surface area contributed by atoms with Crippen molar-refractivity contribution in [2.24, 2.45) is 0 Å². The Labute approximate surface area is 282 Å². The Morgan fingerprint density at radius 1 is 0.915 bits per heavy atom. The van der Waals surface area contributed by atoms with Crippen molar-refractivity contribution in [1.29, 1.82) is 0 Å². The quantitative estimate of drug-likeness (QED) is 0.110. The largest absolute Gasteiger partial charge is 0.494 e. The van der Waals surface area contributed by atoms with E-state index in [0.29, 0.717) is 41.6 Å². The predicted molar refractivity (Wildman–Crippen MR) is 190 cm³/mol. The second-order valence-electron chi connectivity index (χ2n) is 12.5. The van der Waals surface area contributed by atoms with Crippen molar-refractivity contribution in [3.8, 4) is 22.8 Å². The van der Waals surface area contributed by atoms with Crippen LogP contribution in [0, 0.1) is 34.6 Å². The van der Waals surface area contributed by atoms with Crippen molar-refractivity contribution in [3.63, 3.8) is 0 Å². The highest BCUT2D eigenvalue weighted by atomic mass is 35.5. The molecule has 248 valence electrons. The molecule has 0 fully saturated rings. The SMILES string of the molecule is CCCCCCC(Oc1ccc(C)cc1C)C(=O)Nc1ccc(OCCCc2nc3c(Cl)c(-c4c(C)cc(C)cc4C)[nH]n3n2)cc1. The Bertz CT molecular complexity index is 1800. The fourth-order valence-corrected chi connectivity index (χ4v) is 6.31. The molecule has 0 aliphatic carbocycles. The van der Waals surface area contributed by atoms with Crippen LogP contribution < -0.4 is 14.8 Å². The fourth-order valence-electron chi connectivity index (χ4n) is 6.05. The highest BCUT2D eigenvalue weighted by Gasteiger charge is 2.22. The van der Waals surface area contributed by atoms with Gasteiger partial charge in [0, 0.05) is 17.7 Å². The van der Waals surface area contributed by atoms with E-state index in [1.807, 2.05) is 43.3 Å². The third-order valence-corrected chi connectivity index (χ3v) is 8.72. The molecule has 3 aromatic carbocycles. The number of H-pyrrole nitrogens is 1. The van der Waals surface area contributed by atoms with Crippen LogP contribution >= 0.6 is 11.6 Å². The molecule has 0 saturated heterocycles. The first-order valence-corrected chi connectivity index (χ1v) is 17.0. The van der Waals surface area contributed by atoms with Gasteiger partial charge in [0.2, 0.25) is 0 Å². The molecule has 47 heavy (non-hydrogen) atoms. The van der Waals surface area contributed by atoms with Gasteiger partial charge in [0.25, 0.3) is 5.91 Å². The highest BCUT2D eigenvalue weighted by molar-refractivity contribution is 6.36. The Hall–Kier alpha value is -4.30. The first-order chi connectivity index (χ1) is 22.6. The van der Waals surface area contributed by atoms with Crippen LogP contribution in [-0.4, -0.2) is 38.4 Å². The van der Waals surface area contributed by atoms with Crippen LogP contribution in [0.5, 0.6) is 11.5 Å². The van der Waals surface area contributed by atoms with Crippen LogP contribution in [0.1, 0.15) is 79.1 Å². The van der Waals surface area contributed by atoms with E-state index in [-0.39, 0.29) is 5.91 Å². The van der Waals surface area contributed by atoms with Gasteiger partial charge in [0.1, 0.15) is 16.5 Å². The first-order valence-electron chi connectivity index (χ1n) is 16.6. The zero-order valence-electron chi connectivity index (χ0n) is 28.4. The summed E-state index contributed by atoms with van der Waals surface area (Å²) in [5.74, 6) is 2.04. The van der Waals surface area contributed by atoms with Gasteiger partial charge in [-0.2, -0.15) is 4.63 Å². The Morgan fingerprint density at radius 2 is 1.64 bits per heavy atom. The van der Waals surface area contributed by atoms with E-state index in [0.717, 1.165) is 71.6 Å². The standard InChI is InChI=1S/C38H46ClN5O3/c1-7-8-9-10-12-32(47-31-19-14-24(2)21-26(31)4)38(45)40-29-15-17-30(18-16-29)46-20-11-13-33-41-37-35(39)36(43-44(37)42-33)34-27(5)22-25(3)23-28(34)6/h14-19,21-23,32,43H,7-13,20H2,1-6H3,(H,40,45). The molecule has 8 nitrogen and oxygen atoms in total. The Kier molecular flexibility index (Phi) is 11.2. The number of nitrogens with zero attached hydrogens (tertiary/aromatic N) is 3. The van der Waals surface area contributed by atoms with E-state index >= 15 is 0 Å². The second-order valence-corrected chi connectivity index (χ2v) is 12.9. The van der Waals surface area contributed by atoms with Gasteiger partial charge >= 0.3 is 0 Å². The van der Waals surface area contributed by atoms with Crippen LogP contribution in [0.2, 0.25) is 5.02 Å². The number of anilines is 1. The minimum absolute atomic E-state index is 0.143. The average molecular weight is 656 g/mol. The van der Waals surface area contributed by atoms with E-state index in [4.69, 9.17) is 21.1 Å². The van der Waals surface area contributed by atoms with Crippen LogP contribution in [-0.2, 0) is 11.2 Å². The van der Waals surface area contributed by atoms with Gasteiger partial charge in [-0.1, -0.05) is 73.2 Å². The van der Waals surface area contributed by atoms with Crippen LogP contribution in [0.25, 0.3) is 16.9 Å². The summed E-state index contributed by atoms with van der Waals surface area (Å²) in [5.41, 5.74) is 8.98. The Balaban J connectivity index is 1.13. The lowest BCUT2D eigenvalue weighted by atomic mass is 9.97. The molecule has 1 atom stereocenters. The van der Waals surface area contributed by atoms with Crippen molar-refractivity contribution in [2.75, 3.05) is 11.9 Å².